The molecule has 1 aromatic rings. The fourth-order valence-electron chi connectivity index (χ4n) is 1.03. The van der Waals surface area contributed by atoms with E-state index in [0.29, 0.717) is 5.69 Å². The van der Waals surface area contributed by atoms with Crippen LogP contribution in [0.15, 0.2) is 29.4 Å². The molecule has 6 N–H and O–H groups in total. The van der Waals surface area contributed by atoms with Gasteiger partial charge < -0.3 is 21.1 Å². The van der Waals surface area contributed by atoms with E-state index in [1.54, 1.807) is 24.3 Å². The molecule has 0 aliphatic carbocycles. The van der Waals surface area contributed by atoms with E-state index >= 15 is 0 Å². The van der Waals surface area contributed by atoms with Gasteiger partial charge in [0.2, 0.25) is 0 Å². The molecular weight excluding hydrogens is 315 g/mol. The predicted molar refractivity (Wildman–Crippen MR) is 75.8 cm³/mol. The standard InChI is InChI=1S/C9H12N4O3S2.Na.H2O/c10-9(17)13-12-5-7-1-3-8(4-2-7)11-6-18(14,15)16;;/h1-5,11H,6H2,(H3,10,13,17)(H,14,15,16);;1H2/q;+1;/p-1. The van der Waals surface area contributed by atoms with Crippen LogP contribution in [0.5, 0.6) is 0 Å². The SMILES string of the molecule is NC(=S)NN=Cc1ccc(NCS(=O)(=O)[O-])cc1.O.[Na+]. The normalized spacial score (nSPS) is 10.2. The quantitative estimate of drug-likeness (QED) is 0.163. The van der Waals surface area contributed by atoms with Crippen LogP contribution in [0.1, 0.15) is 5.56 Å². The number of hydrazone groups is 1. The summed E-state index contributed by atoms with van der Waals surface area (Å²) in [7, 11) is -4.28. The number of anilines is 1. The largest absolute Gasteiger partial charge is 1.00 e. The molecule has 106 valence electrons. The zero-order valence-electron chi connectivity index (χ0n) is 10.7. The summed E-state index contributed by atoms with van der Waals surface area (Å²) in [6.45, 7) is 0. The number of benzene rings is 1. The third-order valence-electron chi connectivity index (χ3n) is 1.75. The molecule has 0 radical (unpaired) electrons. The van der Waals surface area contributed by atoms with Gasteiger partial charge in [0.1, 0.15) is 16.0 Å². The number of hydrogen-bond acceptors (Lipinski definition) is 6. The Morgan fingerprint density at radius 2 is 1.95 bits per heavy atom. The zero-order chi connectivity index (χ0) is 13.6. The Kier molecular flexibility index (Phi) is 10.8. The van der Waals surface area contributed by atoms with Crippen LogP contribution < -0.4 is 46.0 Å². The molecule has 1 aromatic carbocycles. The molecule has 8 nitrogen and oxygen atoms in total. The number of nitrogens with two attached hydrogens (primary N) is 1. The molecule has 0 fully saturated rings. The average Bonchev–Trinajstić information content (AvgIpc) is 2.26. The Hall–Kier alpha value is -0.750. The Balaban J connectivity index is 0. The third kappa shape index (κ3) is 10.1. The van der Waals surface area contributed by atoms with Crippen molar-refractivity contribution in [2.24, 2.45) is 10.8 Å². The molecule has 20 heavy (non-hydrogen) atoms. The molecule has 0 saturated heterocycles. The molecule has 0 atom stereocenters. The van der Waals surface area contributed by atoms with Crippen molar-refractivity contribution in [1.29, 1.82) is 0 Å². The number of nitrogens with one attached hydrogen (secondary N) is 2. The molecule has 0 heterocycles. The number of hydrogen-bond donors (Lipinski definition) is 3. The first-order valence-electron chi connectivity index (χ1n) is 4.73. The Morgan fingerprint density at radius 1 is 1.40 bits per heavy atom. The fourth-order valence-corrected chi connectivity index (χ4v) is 1.43. The van der Waals surface area contributed by atoms with E-state index in [-0.39, 0.29) is 40.1 Å². The second-order valence-corrected chi connectivity index (χ2v) is 5.08. The molecule has 0 unspecified atom stereocenters. The first-order valence-corrected chi connectivity index (χ1v) is 6.71. The molecule has 0 aliphatic rings. The van der Waals surface area contributed by atoms with Crippen LogP contribution in [0.3, 0.4) is 0 Å². The summed E-state index contributed by atoms with van der Waals surface area (Å²) in [4.78, 5) is 0. The second kappa shape index (κ2) is 10.0. The maximum atomic E-state index is 10.4. The molecule has 0 amide bonds. The van der Waals surface area contributed by atoms with Gasteiger partial charge in [0.15, 0.2) is 5.11 Å². The van der Waals surface area contributed by atoms with Gasteiger partial charge in [0, 0.05) is 5.69 Å². The Bertz CT molecular complexity index is 548. The van der Waals surface area contributed by atoms with Gasteiger partial charge in [-0.15, -0.1) is 0 Å². The van der Waals surface area contributed by atoms with Gasteiger partial charge in [0.25, 0.3) is 0 Å². The van der Waals surface area contributed by atoms with Crippen molar-refractivity contribution in [2.45, 2.75) is 0 Å². The first kappa shape index (κ1) is 21.5. The molecule has 0 spiro atoms. The number of rotatable bonds is 5. The minimum atomic E-state index is -4.28. The molecule has 0 bridgehead atoms. The zero-order valence-corrected chi connectivity index (χ0v) is 14.3. The summed E-state index contributed by atoms with van der Waals surface area (Å²) >= 11 is 4.56. The summed E-state index contributed by atoms with van der Waals surface area (Å²) in [6, 6.07) is 6.61. The average molecular weight is 328 g/mol. The van der Waals surface area contributed by atoms with E-state index in [9.17, 15) is 13.0 Å². The summed E-state index contributed by atoms with van der Waals surface area (Å²) in [6.07, 6.45) is 1.49. The van der Waals surface area contributed by atoms with Crippen LogP contribution >= 0.6 is 12.2 Å². The van der Waals surface area contributed by atoms with E-state index in [1.165, 1.54) is 6.21 Å². The van der Waals surface area contributed by atoms with Crippen LogP contribution in [0.25, 0.3) is 0 Å². The van der Waals surface area contributed by atoms with Crippen molar-refractivity contribution in [3.63, 3.8) is 0 Å². The van der Waals surface area contributed by atoms with Gasteiger partial charge in [-0.25, -0.2) is 8.42 Å². The number of nitrogens with zero attached hydrogens (tertiary/aromatic N) is 1. The van der Waals surface area contributed by atoms with E-state index in [0.717, 1.165) is 5.56 Å². The van der Waals surface area contributed by atoms with E-state index in [1.807, 2.05) is 0 Å². The van der Waals surface area contributed by atoms with Gasteiger partial charge in [0.05, 0.1) is 6.21 Å². The smallest absolute Gasteiger partial charge is 0.747 e. The molecule has 0 aromatic heterocycles. The fraction of sp³-hybridized carbons (Fsp3) is 0.111. The first-order chi connectivity index (χ1) is 8.37. The Morgan fingerprint density at radius 3 is 2.40 bits per heavy atom. The van der Waals surface area contributed by atoms with E-state index in [4.69, 9.17) is 5.73 Å². The maximum absolute atomic E-state index is 10.4. The molecule has 1 rings (SSSR count). The van der Waals surface area contributed by atoms with Crippen LogP contribution in [0.2, 0.25) is 0 Å². The third-order valence-corrected chi connectivity index (χ3v) is 2.34. The summed E-state index contributed by atoms with van der Waals surface area (Å²) in [5.74, 6) is -0.649. The van der Waals surface area contributed by atoms with Crippen molar-refractivity contribution in [2.75, 3.05) is 11.2 Å². The van der Waals surface area contributed by atoms with Crippen LogP contribution in [0, 0.1) is 0 Å². The summed E-state index contributed by atoms with van der Waals surface area (Å²) in [5, 5.41) is 6.29. The van der Waals surface area contributed by atoms with Gasteiger partial charge in [-0.3, -0.25) is 5.43 Å². The van der Waals surface area contributed by atoms with Crippen LogP contribution in [-0.4, -0.2) is 35.7 Å². The molecule has 11 heteroatoms. The molecule has 0 aliphatic heterocycles. The monoisotopic (exact) mass is 328 g/mol. The van der Waals surface area contributed by atoms with Gasteiger partial charge in [-0.2, -0.15) is 5.10 Å². The van der Waals surface area contributed by atoms with Crippen LogP contribution in [-0.2, 0) is 10.1 Å². The van der Waals surface area contributed by atoms with E-state index in [2.05, 4.69) is 28.1 Å². The molecular formula is C9H13N4NaO4S2. The van der Waals surface area contributed by atoms with Gasteiger partial charge in [-0.1, -0.05) is 12.1 Å². The van der Waals surface area contributed by atoms with Crippen LogP contribution in [0.4, 0.5) is 5.69 Å². The second-order valence-electron chi connectivity index (χ2n) is 3.24. The summed E-state index contributed by atoms with van der Waals surface area (Å²) in [5.41, 5.74) is 8.85. The van der Waals surface area contributed by atoms with Crippen molar-refractivity contribution < 1.29 is 48.0 Å². The Labute approximate surface area is 144 Å². The van der Waals surface area contributed by atoms with Gasteiger partial charge in [-0.05, 0) is 29.9 Å². The van der Waals surface area contributed by atoms with E-state index < -0.39 is 16.0 Å². The van der Waals surface area contributed by atoms with Gasteiger partial charge >= 0.3 is 29.6 Å². The topological polar surface area (TPSA) is 151 Å². The van der Waals surface area contributed by atoms with Crippen molar-refractivity contribution >= 4 is 39.4 Å². The maximum Gasteiger partial charge on any atom is 1.00 e. The minimum absolute atomic E-state index is 0. The summed E-state index contributed by atoms with van der Waals surface area (Å²) < 4.78 is 31.2. The predicted octanol–water partition coefficient (Wildman–Crippen LogP) is -4.05. The number of thiocarbonyl (C=S) groups is 1. The van der Waals surface area contributed by atoms with Crippen molar-refractivity contribution in [1.82, 2.24) is 5.43 Å². The molecule has 0 saturated carbocycles. The van der Waals surface area contributed by atoms with Crippen molar-refractivity contribution in [3.8, 4) is 0 Å². The minimum Gasteiger partial charge on any atom is -0.747 e. The van der Waals surface area contributed by atoms with Crippen molar-refractivity contribution in [3.05, 3.63) is 29.8 Å².